The van der Waals surface area contributed by atoms with Gasteiger partial charge in [0.25, 0.3) is 5.82 Å². The van der Waals surface area contributed by atoms with Gasteiger partial charge in [0.2, 0.25) is 6.79 Å². The number of nitrogens with zero attached hydrogens (tertiary/aromatic N) is 1. The monoisotopic (exact) mass is 400 g/mol. The van der Waals surface area contributed by atoms with Crippen molar-refractivity contribution < 1.29 is 19.6 Å². The number of pyridine rings is 2. The van der Waals surface area contributed by atoms with E-state index in [9.17, 15) is 5.11 Å². The van der Waals surface area contributed by atoms with E-state index in [1.165, 1.54) is 0 Å². The van der Waals surface area contributed by atoms with Gasteiger partial charge in [-0.05, 0) is 44.2 Å². The molecule has 3 heterocycles. The zero-order chi connectivity index (χ0) is 20.7. The molecule has 0 saturated carbocycles. The molecule has 2 aromatic carbocycles. The van der Waals surface area contributed by atoms with E-state index in [1.54, 1.807) is 0 Å². The second kappa shape index (κ2) is 7.22. The number of aromatic hydroxyl groups is 1. The van der Waals surface area contributed by atoms with Gasteiger partial charge in [-0.25, -0.2) is 9.97 Å². The minimum Gasteiger partial charge on any atom is -0.505 e. The highest BCUT2D eigenvalue weighted by Gasteiger charge is 2.26. The smallest absolute Gasteiger partial charge is 0.273 e. The Morgan fingerprint density at radius 1 is 1.00 bits per heavy atom. The fraction of sp³-hybridized carbons (Fsp3) is 0.167. The van der Waals surface area contributed by atoms with E-state index in [0.29, 0.717) is 11.3 Å². The summed E-state index contributed by atoms with van der Waals surface area (Å²) in [6.45, 7) is 4.13. The number of phenols is 1. The summed E-state index contributed by atoms with van der Waals surface area (Å²) in [5, 5.41) is 15.6. The first kappa shape index (κ1) is 18.2. The van der Waals surface area contributed by atoms with Crippen LogP contribution in [-0.4, -0.2) is 16.9 Å². The van der Waals surface area contributed by atoms with Crippen molar-refractivity contribution in [3.8, 4) is 17.2 Å². The van der Waals surface area contributed by atoms with Crippen molar-refractivity contribution in [3.05, 3.63) is 83.2 Å². The number of phenolic OH excluding ortho intramolecular Hbond substituents is 1. The first-order chi connectivity index (χ1) is 14.6. The van der Waals surface area contributed by atoms with Gasteiger partial charge in [0.1, 0.15) is 17.3 Å². The fourth-order valence-electron chi connectivity index (χ4n) is 3.78. The largest absolute Gasteiger partial charge is 0.505 e. The molecule has 30 heavy (non-hydrogen) atoms. The van der Waals surface area contributed by atoms with Crippen LogP contribution in [0.3, 0.4) is 0 Å². The number of benzene rings is 2. The summed E-state index contributed by atoms with van der Waals surface area (Å²) in [6.07, 6.45) is 0. The Balaban J connectivity index is 1.66. The summed E-state index contributed by atoms with van der Waals surface area (Å²) in [6, 6.07) is 19.3. The lowest BCUT2D eigenvalue weighted by Gasteiger charge is -2.18. The second-order valence-electron chi connectivity index (χ2n) is 7.47. The summed E-state index contributed by atoms with van der Waals surface area (Å²) in [5.74, 6) is 2.43. The molecule has 6 heteroatoms. The predicted octanol–water partition coefficient (Wildman–Crippen LogP) is 4.30. The molecule has 5 rings (SSSR count). The third-order valence-electron chi connectivity index (χ3n) is 5.29. The minimum absolute atomic E-state index is 0.166. The van der Waals surface area contributed by atoms with E-state index in [0.717, 1.165) is 39.5 Å². The lowest BCUT2D eigenvalue weighted by atomic mass is 9.95. The van der Waals surface area contributed by atoms with Crippen LogP contribution >= 0.6 is 0 Å². The maximum atomic E-state index is 11.2. The van der Waals surface area contributed by atoms with E-state index in [4.69, 9.17) is 9.47 Å². The third-order valence-corrected chi connectivity index (χ3v) is 5.29. The molecule has 4 aromatic rings. The molecular formula is C24H22N3O3+. The van der Waals surface area contributed by atoms with Crippen LogP contribution in [-0.2, 0) is 0 Å². The molecular weight excluding hydrogens is 378 g/mol. The number of hydrogen-bond acceptors (Lipinski definition) is 5. The fourth-order valence-corrected chi connectivity index (χ4v) is 3.78. The highest BCUT2D eigenvalue weighted by molar-refractivity contribution is 5.86. The molecule has 0 saturated heterocycles. The molecule has 2 aromatic heterocycles. The topological polar surface area (TPSA) is 77.8 Å². The lowest BCUT2D eigenvalue weighted by molar-refractivity contribution is -0.371. The van der Waals surface area contributed by atoms with Gasteiger partial charge in [-0.3, -0.25) is 5.32 Å². The first-order valence-corrected chi connectivity index (χ1v) is 9.83. The van der Waals surface area contributed by atoms with Gasteiger partial charge in [-0.15, -0.1) is 0 Å². The van der Waals surface area contributed by atoms with Crippen molar-refractivity contribution in [3.63, 3.8) is 0 Å². The number of aromatic amines is 1. The molecule has 0 spiro atoms. The number of anilines is 1. The number of aromatic nitrogens is 2. The van der Waals surface area contributed by atoms with Crippen molar-refractivity contribution in [2.45, 2.75) is 19.9 Å². The average Bonchev–Trinajstić information content (AvgIpc) is 3.21. The van der Waals surface area contributed by atoms with Gasteiger partial charge >= 0.3 is 0 Å². The highest BCUT2D eigenvalue weighted by Crippen LogP contribution is 2.40. The maximum Gasteiger partial charge on any atom is 0.273 e. The van der Waals surface area contributed by atoms with Crippen LogP contribution in [0.5, 0.6) is 17.2 Å². The summed E-state index contributed by atoms with van der Waals surface area (Å²) < 4.78 is 11.0. The molecule has 0 radical (unpaired) electrons. The molecule has 1 atom stereocenters. The first-order valence-electron chi connectivity index (χ1n) is 9.83. The number of ether oxygens (including phenoxy) is 2. The normalized spacial score (nSPS) is 13.4. The Morgan fingerprint density at radius 3 is 2.70 bits per heavy atom. The van der Waals surface area contributed by atoms with E-state index >= 15 is 0 Å². The number of nitrogens with one attached hydrogen (secondary N) is 2. The molecule has 3 N–H and O–H groups in total. The second-order valence-corrected chi connectivity index (χ2v) is 7.47. The highest BCUT2D eigenvalue weighted by atomic mass is 16.7. The number of H-pyrrole nitrogens is 1. The zero-order valence-electron chi connectivity index (χ0n) is 16.8. The summed E-state index contributed by atoms with van der Waals surface area (Å²) in [5.41, 5.74) is 4.15. The third kappa shape index (κ3) is 3.26. The van der Waals surface area contributed by atoms with Gasteiger partial charge in [-0.1, -0.05) is 24.3 Å². The van der Waals surface area contributed by atoms with Gasteiger partial charge in [0.15, 0.2) is 11.5 Å². The Kier molecular flexibility index (Phi) is 4.39. The minimum atomic E-state index is -0.329. The van der Waals surface area contributed by atoms with Gasteiger partial charge < -0.3 is 14.6 Å². The number of hydrogen-bond donors (Lipinski definition) is 2. The number of aryl methyl sites for hydroxylation is 2. The number of fused-ring (bicyclic) bond motifs is 2. The average molecular weight is 400 g/mol. The Labute approximate surface area is 174 Å². The van der Waals surface area contributed by atoms with Crippen LogP contribution in [0.1, 0.15) is 28.6 Å². The summed E-state index contributed by atoms with van der Waals surface area (Å²) >= 11 is 0. The van der Waals surface area contributed by atoms with E-state index in [-0.39, 0.29) is 18.6 Å². The summed E-state index contributed by atoms with van der Waals surface area (Å²) in [7, 11) is 0. The molecule has 6 nitrogen and oxygen atoms in total. The van der Waals surface area contributed by atoms with Crippen molar-refractivity contribution in [2.75, 3.05) is 12.1 Å². The SMILES string of the molecule is Cc1ccc2ccc([C@H](Nc3cccc(C)[nH+]3)c3ccc4c(c3)OCO4)c(O)c2n1. The van der Waals surface area contributed by atoms with Crippen LogP contribution in [0, 0.1) is 13.8 Å². The van der Waals surface area contributed by atoms with Crippen molar-refractivity contribution in [1.29, 1.82) is 0 Å². The van der Waals surface area contributed by atoms with Gasteiger partial charge in [0.05, 0.1) is 5.69 Å². The van der Waals surface area contributed by atoms with Crippen molar-refractivity contribution in [1.82, 2.24) is 4.98 Å². The van der Waals surface area contributed by atoms with Crippen LogP contribution in [0.25, 0.3) is 10.9 Å². The molecule has 0 bridgehead atoms. The molecule has 1 aliphatic rings. The molecule has 1 aliphatic heterocycles. The summed E-state index contributed by atoms with van der Waals surface area (Å²) in [4.78, 5) is 7.89. The van der Waals surface area contributed by atoms with E-state index < -0.39 is 0 Å². The van der Waals surface area contributed by atoms with Crippen LogP contribution in [0.2, 0.25) is 0 Å². The molecule has 0 amide bonds. The predicted molar refractivity (Wildman–Crippen MR) is 114 cm³/mol. The van der Waals surface area contributed by atoms with Crippen LogP contribution < -0.4 is 19.8 Å². The quantitative estimate of drug-likeness (QED) is 0.534. The number of rotatable bonds is 4. The Bertz CT molecular complexity index is 1260. The zero-order valence-corrected chi connectivity index (χ0v) is 16.8. The van der Waals surface area contributed by atoms with Crippen molar-refractivity contribution in [2.24, 2.45) is 0 Å². The Hall–Kier alpha value is -3.80. The molecule has 0 unspecified atom stereocenters. The van der Waals surface area contributed by atoms with Gasteiger partial charge in [-0.2, -0.15) is 0 Å². The standard InChI is InChI=1S/C24H21N3O3/c1-14-4-3-5-21(25-14)27-22(17-9-11-19-20(12-17)30-13-29-19)18-10-8-16-7-6-15(2)26-23(16)24(18)28/h3-12,22,28H,13H2,1-2H3,(H,25,27)/p+1/t22-/m1/s1. The van der Waals surface area contributed by atoms with Crippen LogP contribution in [0.4, 0.5) is 5.82 Å². The van der Waals surface area contributed by atoms with Crippen LogP contribution in [0.15, 0.2) is 60.7 Å². The van der Waals surface area contributed by atoms with E-state index in [1.807, 2.05) is 74.5 Å². The van der Waals surface area contributed by atoms with E-state index in [2.05, 4.69) is 15.3 Å². The molecule has 0 fully saturated rings. The van der Waals surface area contributed by atoms with Gasteiger partial charge in [0, 0.05) is 28.3 Å². The molecule has 150 valence electrons. The molecule has 0 aliphatic carbocycles. The Morgan fingerprint density at radius 2 is 1.83 bits per heavy atom. The van der Waals surface area contributed by atoms with Crippen molar-refractivity contribution >= 4 is 16.7 Å². The maximum absolute atomic E-state index is 11.2. The lowest BCUT2D eigenvalue weighted by Crippen LogP contribution is -2.20.